The second-order valence-corrected chi connectivity index (χ2v) is 5.12. The molecule has 0 aliphatic rings. The summed E-state index contributed by atoms with van der Waals surface area (Å²) in [5, 5.41) is 0. The van der Waals surface area contributed by atoms with Crippen molar-refractivity contribution in [3.8, 4) is 0 Å². The lowest BCUT2D eigenvalue weighted by Gasteiger charge is -2.13. The zero-order chi connectivity index (χ0) is 13.2. The highest BCUT2D eigenvalue weighted by Crippen LogP contribution is 2.33. The Morgan fingerprint density at radius 2 is 2.06 bits per heavy atom. The van der Waals surface area contributed by atoms with Crippen molar-refractivity contribution < 1.29 is 18.0 Å². The summed E-state index contributed by atoms with van der Waals surface area (Å²) in [6.45, 7) is 1.56. The molecule has 17 heavy (non-hydrogen) atoms. The molecule has 0 saturated heterocycles. The maximum absolute atomic E-state index is 12.7. The Bertz CT molecular complexity index is 429. The fourth-order valence-electron chi connectivity index (χ4n) is 1.34. The van der Waals surface area contributed by atoms with Gasteiger partial charge in [0.05, 0.1) is 10.4 Å². The molecule has 0 aromatic heterocycles. The summed E-state index contributed by atoms with van der Waals surface area (Å²) in [5.41, 5.74) is -0.861. The Hall–Kier alpha value is -0.550. The molecule has 6 heteroatoms. The van der Waals surface area contributed by atoms with Crippen LogP contribution in [0, 0.1) is 0 Å². The number of halogens is 5. The fraction of sp³-hybridized carbons (Fsp3) is 0.364. The Kier molecular flexibility index (Phi) is 4.61. The largest absolute Gasteiger partial charge is 0.416 e. The van der Waals surface area contributed by atoms with Crippen molar-refractivity contribution in [2.24, 2.45) is 0 Å². The quantitative estimate of drug-likeness (QED) is 0.593. The van der Waals surface area contributed by atoms with Gasteiger partial charge in [-0.3, -0.25) is 4.79 Å². The van der Waals surface area contributed by atoms with Gasteiger partial charge in [0.25, 0.3) is 0 Å². The molecule has 0 amide bonds. The van der Waals surface area contributed by atoms with E-state index in [2.05, 4.69) is 15.9 Å². The van der Waals surface area contributed by atoms with E-state index in [9.17, 15) is 18.0 Å². The van der Waals surface area contributed by atoms with E-state index >= 15 is 0 Å². The van der Waals surface area contributed by atoms with Crippen LogP contribution in [0.15, 0.2) is 18.2 Å². The van der Waals surface area contributed by atoms with Crippen LogP contribution in [0.4, 0.5) is 13.2 Å². The van der Waals surface area contributed by atoms with E-state index in [0.717, 1.165) is 6.07 Å². The van der Waals surface area contributed by atoms with Crippen LogP contribution in [-0.2, 0) is 12.1 Å². The van der Waals surface area contributed by atoms with E-state index in [1.807, 2.05) is 0 Å². The zero-order valence-corrected chi connectivity index (χ0v) is 11.2. The SMILES string of the molecule is CC(Br)C(=O)c1ccc(CCl)c(C(F)(F)F)c1. The number of carbonyl (C=O) groups is 1. The van der Waals surface area contributed by atoms with Crippen LogP contribution in [0.1, 0.15) is 28.4 Å². The Labute approximate surface area is 110 Å². The molecule has 0 fully saturated rings. The minimum absolute atomic E-state index is 0.0237. The first-order valence-electron chi connectivity index (χ1n) is 4.71. The van der Waals surface area contributed by atoms with Gasteiger partial charge in [-0.25, -0.2) is 0 Å². The van der Waals surface area contributed by atoms with Crippen LogP contribution in [0.5, 0.6) is 0 Å². The van der Waals surface area contributed by atoms with Gasteiger partial charge in [-0.1, -0.05) is 28.1 Å². The molecule has 1 aromatic rings. The Morgan fingerprint density at radius 3 is 2.47 bits per heavy atom. The highest BCUT2D eigenvalue weighted by molar-refractivity contribution is 9.10. The molecule has 0 bridgehead atoms. The monoisotopic (exact) mass is 328 g/mol. The minimum Gasteiger partial charge on any atom is -0.293 e. The van der Waals surface area contributed by atoms with Gasteiger partial charge in [0.1, 0.15) is 0 Å². The summed E-state index contributed by atoms with van der Waals surface area (Å²) in [6.07, 6.45) is -4.50. The number of hydrogen-bond acceptors (Lipinski definition) is 1. The molecule has 1 aromatic carbocycles. The molecule has 0 spiro atoms. The van der Waals surface area contributed by atoms with Crippen molar-refractivity contribution in [2.75, 3.05) is 0 Å². The third kappa shape index (κ3) is 3.45. The minimum atomic E-state index is -4.50. The number of Topliss-reactive ketones (excluding diaryl/α,β-unsaturated/α-hetero) is 1. The molecule has 0 aliphatic carbocycles. The van der Waals surface area contributed by atoms with Crippen LogP contribution < -0.4 is 0 Å². The third-order valence-electron chi connectivity index (χ3n) is 2.21. The lowest BCUT2D eigenvalue weighted by Crippen LogP contribution is -2.14. The standard InChI is InChI=1S/C11H9BrClF3O/c1-6(12)10(17)7-2-3-8(5-13)9(4-7)11(14,15)16/h2-4,6H,5H2,1H3. The normalized spacial score (nSPS) is 13.5. The van der Waals surface area contributed by atoms with Gasteiger partial charge in [-0.05, 0) is 18.6 Å². The van der Waals surface area contributed by atoms with Gasteiger partial charge in [0.15, 0.2) is 5.78 Å². The number of hydrogen-bond donors (Lipinski definition) is 0. The van der Waals surface area contributed by atoms with Gasteiger partial charge < -0.3 is 0 Å². The molecule has 0 N–H and O–H groups in total. The third-order valence-corrected chi connectivity index (χ3v) is 2.91. The van der Waals surface area contributed by atoms with Crippen LogP contribution in [0.3, 0.4) is 0 Å². The van der Waals surface area contributed by atoms with E-state index in [-0.39, 0.29) is 17.0 Å². The average Bonchev–Trinajstić information content (AvgIpc) is 2.25. The molecule has 0 saturated carbocycles. The summed E-state index contributed by atoms with van der Waals surface area (Å²) < 4.78 is 38.1. The first kappa shape index (κ1) is 14.5. The Balaban J connectivity index is 3.28. The van der Waals surface area contributed by atoms with Crippen LogP contribution in [0.25, 0.3) is 0 Å². The van der Waals surface area contributed by atoms with Crippen molar-refractivity contribution in [1.29, 1.82) is 0 Å². The molecule has 0 radical (unpaired) electrons. The van der Waals surface area contributed by atoms with E-state index in [1.165, 1.54) is 12.1 Å². The maximum Gasteiger partial charge on any atom is 0.416 e. The second-order valence-electron chi connectivity index (χ2n) is 3.48. The highest BCUT2D eigenvalue weighted by atomic mass is 79.9. The first-order valence-corrected chi connectivity index (χ1v) is 6.16. The molecule has 94 valence electrons. The average molecular weight is 330 g/mol. The smallest absolute Gasteiger partial charge is 0.293 e. The second kappa shape index (κ2) is 5.40. The molecular weight excluding hydrogens is 320 g/mol. The summed E-state index contributed by atoms with van der Waals surface area (Å²) in [7, 11) is 0. The van der Waals surface area contributed by atoms with E-state index in [4.69, 9.17) is 11.6 Å². The van der Waals surface area contributed by atoms with Crippen molar-refractivity contribution in [1.82, 2.24) is 0 Å². The van der Waals surface area contributed by atoms with Gasteiger partial charge >= 0.3 is 6.18 Å². The number of rotatable bonds is 3. The van der Waals surface area contributed by atoms with Gasteiger partial charge in [-0.2, -0.15) is 13.2 Å². The van der Waals surface area contributed by atoms with Crippen LogP contribution in [0.2, 0.25) is 0 Å². The molecule has 1 atom stereocenters. The fourth-order valence-corrected chi connectivity index (χ4v) is 1.84. The van der Waals surface area contributed by atoms with Gasteiger partial charge in [-0.15, -0.1) is 11.6 Å². The number of alkyl halides is 5. The lowest BCUT2D eigenvalue weighted by atomic mass is 10.0. The zero-order valence-electron chi connectivity index (χ0n) is 8.81. The number of ketones is 1. The maximum atomic E-state index is 12.7. The molecule has 0 heterocycles. The van der Waals surface area contributed by atoms with Crippen molar-refractivity contribution in [2.45, 2.75) is 23.8 Å². The predicted molar refractivity (Wildman–Crippen MR) is 63.7 cm³/mol. The summed E-state index contributed by atoms with van der Waals surface area (Å²) in [4.78, 5) is 11.1. The van der Waals surface area contributed by atoms with Crippen molar-refractivity contribution in [3.05, 3.63) is 34.9 Å². The van der Waals surface area contributed by atoms with Gasteiger partial charge in [0.2, 0.25) is 0 Å². The topological polar surface area (TPSA) is 17.1 Å². The molecular formula is C11H9BrClF3O. The first-order chi connectivity index (χ1) is 7.77. The molecule has 1 unspecified atom stereocenters. The van der Waals surface area contributed by atoms with E-state index in [0.29, 0.717) is 0 Å². The Morgan fingerprint density at radius 1 is 1.47 bits per heavy atom. The van der Waals surface area contributed by atoms with Crippen molar-refractivity contribution in [3.63, 3.8) is 0 Å². The molecule has 1 nitrogen and oxygen atoms in total. The van der Waals surface area contributed by atoms with Crippen LogP contribution in [-0.4, -0.2) is 10.6 Å². The van der Waals surface area contributed by atoms with E-state index < -0.39 is 22.4 Å². The summed E-state index contributed by atoms with van der Waals surface area (Å²) in [6, 6.07) is 3.43. The number of benzene rings is 1. The summed E-state index contributed by atoms with van der Waals surface area (Å²) >= 11 is 8.47. The predicted octanol–water partition coefficient (Wildman–Crippen LogP) is 4.41. The lowest BCUT2D eigenvalue weighted by molar-refractivity contribution is -0.138. The highest BCUT2D eigenvalue weighted by Gasteiger charge is 2.33. The van der Waals surface area contributed by atoms with E-state index in [1.54, 1.807) is 6.92 Å². The molecule has 1 rings (SSSR count). The number of carbonyl (C=O) groups excluding carboxylic acids is 1. The van der Waals surface area contributed by atoms with Gasteiger partial charge in [0, 0.05) is 11.4 Å². The van der Waals surface area contributed by atoms with Crippen molar-refractivity contribution >= 4 is 33.3 Å². The summed E-state index contributed by atoms with van der Waals surface area (Å²) in [5.74, 6) is -0.635. The molecule has 0 aliphatic heterocycles. The van der Waals surface area contributed by atoms with Crippen LogP contribution >= 0.6 is 27.5 Å².